The maximum absolute atomic E-state index is 8.02. The molecule has 0 bridgehead atoms. The van der Waals surface area contributed by atoms with Gasteiger partial charge in [0.15, 0.2) is 0 Å². The average molecular weight is 1030 g/mol. The maximum atomic E-state index is 8.02. The third kappa shape index (κ3) is 12.2. The molecule has 368 valence electrons. The maximum Gasteiger partial charge on any atom is 0.350 e. The second kappa shape index (κ2) is 25.8. The molecule has 1 fully saturated rings. The first-order valence-electron chi connectivity index (χ1n) is 24.7. The Bertz CT molecular complexity index is 1210. The molecule has 0 N–H and O–H groups in total. The van der Waals surface area contributed by atoms with E-state index in [1.54, 1.807) is 0 Å². The highest BCUT2D eigenvalue weighted by Crippen LogP contribution is 2.51. The monoisotopic (exact) mass is 1020 g/mol. The van der Waals surface area contributed by atoms with Crippen molar-refractivity contribution in [3.8, 4) is 0 Å². The molecule has 8 unspecified atom stereocenters. The van der Waals surface area contributed by atoms with Crippen LogP contribution in [0.1, 0.15) is 162 Å². The zero-order valence-corrected chi connectivity index (χ0v) is 51.8. The van der Waals surface area contributed by atoms with Gasteiger partial charge in [0.25, 0.3) is 0 Å². The Morgan fingerprint density at radius 1 is 0.234 bits per heavy atom. The lowest BCUT2D eigenvalue weighted by Crippen LogP contribution is -2.72. The Balaban J connectivity index is 5.24. The van der Waals surface area contributed by atoms with E-state index in [1.807, 2.05) is 45.6 Å². The van der Waals surface area contributed by atoms with E-state index in [2.05, 4.69) is 163 Å². The Kier molecular flexibility index (Phi) is 24.7. The van der Waals surface area contributed by atoms with Crippen LogP contribution in [-0.4, -0.2) is 68.5 Å². The summed E-state index contributed by atoms with van der Waals surface area (Å²) in [5.41, 5.74) is 15.2. The minimum atomic E-state index is -3.62. The van der Waals surface area contributed by atoms with Crippen LogP contribution < -0.4 is 0 Å². The number of hydrogen-bond donors (Lipinski definition) is 0. The predicted molar refractivity (Wildman–Crippen MR) is 294 cm³/mol. The largest absolute Gasteiger partial charge is 0.409 e. The molecule has 1 heterocycles. The van der Waals surface area contributed by atoms with Crippen molar-refractivity contribution in [2.75, 3.05) is 0 Å². The molecular formula is C48H96O8Si8. The van der Waals surface area contributed by atoms with E-state index >= 15 is 0 Å². The van der Waals surface area contributed by atoms with E-state index in [9.17, 15) is 0 Å². The van der Waals surface area contributed by atoms with Crippen molar-refractivity contribution >= 4 is 68.5 Å². The van der Waals surface area contributed by atoms with Gasteiger partial charge in [-0.1, -0.05) is 208 Å². The van der Waals surface area contributed by atoms with Crippen molar-refractivity contribution in [3.63, 3.8) is 0 Å². The van der Waals surface area contributed by atoms with Gasteiger partial charge in [-0.3, -0.25) is 0 Å². The molecule has 64 heavy (non-hydrogen) atoms. The van der Waals surface area contributed by atoms with Crippen LogP contribution in [0.15, 0.2) is 98.2 Å². The summed E-state index contributed by atoms with van der Waals surface area (Å²) >= 11 is 0. The van der Waals surface area contributed by atoms with Gasteiger partial charge in [0.1, 0.15) is 0 Å². The SMILES string of the molecule is C=C[Si]1(C(C)CC)O[Si](C=C)(C(C)CC)O[Si](C=C)(C(C)CC)O[Si](C=C)(C(C)CC)O[Si](C=C)(C(C)CC)O[Si](C=C)(C(C)CC)O[Si](C=C)(C(C)CC)O[Si](C=C)(C(C)CC)O1. The molecule has 1 saturated heterocycles. The smallest absolute Gasteiger partial charge is 0.350 e. The molecule has 8 atom stereocenters. The lowest BCUT2D eigenvalue weighted by molar-refractivity contribution is 0.213. The summed E-state index contributed by atoms with van der Waals surface area (Å²) in [6, 6.07) is 0. The molecule has 0 amide bonds. The summed E-state index contributed by atoms with van der Waals surface area (Å²) in [5.74, 6) is 0. The summed E-state index contributed by atoms with van der Waals surface area (Å²) < 4.78 is 64.1. The summed E-state index contributed by atoms with van der Waals surface area (Å²) in [7, 11) is -29.0. The van der Waals surface area contributed by atoms with Gasteiger partial charge in [0.2, 0.25) is 0 Å². The molecule has 1 rings (SSSR count). The van der Waals surface area contributed by atoms with Gasteiger partial charge in [-0.15, -0.1) is 52.6 Å². The molecular weight excluding hydrogens is 929 g/mol. The van der Waals surface area contributed by atoms with Crippen LogP contribution in [0, 0.1) is 0 Å². The third-order valence-corrected chi connectivity index (χ3v) is 54.4. The molecule has 1 aliphatic heterocycles. The van der Waals surface area contributed by atoms with Crippen molar-refractivity contribution < 1.29 is 32.9 Å². The molecule has 0 aliphatic carbocycles. The van der Waals surface area contributed by atoms with Gasteiger partial charge in [-0.2, -0.15) is 0 Å². The normalized spacial score (nSPS) is 37.2. The summed E-state index contributed by atoms with van der Waals surface area (Å²) in [6.07, 6.45) is 6.17. The first-order chi connectivity index (χ1) is 30.0. The first-order valence-corrected chi connectivity index (χ1v) is 40.5. The van der Waals surface area contributed by atoms with E-state index < -0.39 is 68.5 Å². The number of hydrogen-bond acceptors (Lipinski definition) is 8. The topological polar surface area (TPSA) is 73.8 Å². The highest BCUT2D eigenvalue weighted by molar-refractivity contribution is 7.02. The van der Waals surface area contributed by atoms with Crippen LogP contribution in [0.2, 0.25) is 44.3 Å². The van der Waals surface area contributed by atoms with Crippen molar-refractivity contribution in [3.05, 3.63) is 98.2 Å². The van der Waals surface area contributed by atoms with Gasteiger partial charge in [-0.25, -0.2) is 0 Å². The predicted octanol–water partition coefficient (Wildman–Crippen LogP) is 15.9. The highest BCUT2D eigenvalue weighted by atomic mass is 28.5. The molecule has 0 saturated carbocycles. The minimum absolute atomic E-state index is 0.0682. The number of rotatable bonds is 24. The third-order valence-electron chi connectivity index (χ3n) is 15.2. The first kappa shape index (κ1) is 61.4. The van der Waals surface area contributed by atoms with Crippen LogP contribution in [0.3, 0.4) is 0 Å². The second-order valence-corrected chi connectivity index (χ2v) is 47.9. The van der Waals surface area contributed by atoms with Crippen LogP contribution in [-0.2, 0) is 32.9 Å². The average Bonchev–Trinajstić information content (AvgIpc) is 3.33. The fourth-order valence-corrected chi connectivity index (χ4v) is 54.6. The van der Waals surface area contributed by atoms with E-state index in [4.69, 9.17) is 32.9 Å². The van der Waals surface area contributed by atoms with Crippen molar-refractivity contribution in [2.24, 2.45) is 0 Å². The lowest BCUT2D eigenvalue weighted by atomic mass is 10.4. The summed E-state index contributed by atoms with van der Waals surface area (Å²) in [4.78, 5) is 0. The summed E-state index contributed by atoms with van der Waals surface area (Å²) in [5, 5.41) is 0. The fourth-order valence-electron chi connectivity index (χ4n) is 8.32. The molecule has 0 aromatic rings. The fraction of sp³-hybridized carbons (Fsp3) is 0.667. The Hall–Kier alpha value is -0.665. The Morgan fingerprint density at radius 3 is 0.359 bits per heavy atom. The molecule has 0 radical (unpaired) electrons. The van der Waals surface area contributed by atoms with E-state index in [0.717, 1.165) is 51.4 Å². The highest BCUT2D eigenvalue weighted by Gasteiger charge is 2.66. The van der Waals surface area contributed by atoms with Crippen LogP contribution in [0.25, 0.3) is 0 Å². The molecule has 0 aromatic carbocycles. The lowest BCUT2D eigenvalue weighted by Gasteiger charge is -2.55. The zero-order chi connectivity index (χ0) is 49.6. The Morgan fingerprint density at radius 2 is 0.312 bits per heavy atom. The molecule has 1 aliphatic rings. The molecule has 16 heteroatoms. The van der Waals surface area contributed by atoms with E-state index in [0.29, 0.717) is 0 Å². The van der Waals surface area contributed by atoms with Crippen molar-refractivity contribution in [1.82, 2.24) is 0 Å². The minimum Gasteiger partial charge on any atom is -0.409 e. The van der Waals surface area contributed by atoms with Gasteiger partial charge in [0.05, 0.1) is 0 Å². The van der Waals surface area contributed by atoms with Gasteiger partial charge < -0.3 is 32.9 Å². The van der Waals surface area contributed by atoms with Crippen LogP contribution in [0.5, 0.6) is 0 Å². The second-order valence-electron chi connectivity index (χ2n) is 18.7. The van der Waals surface area contributed by atoms with Gasteiger partial charge in [-0.05, 0) is 0 Å². The van der Waals surface area contributed by atoms with Crippen molar-refractivity contribution in [1.29, 1.82) is 0 Å². The van der Waals surface area contributed by atoms with E-state index in [1.165, 1.54) is 0 Å². The molecule has 8 nitrogen and oxygen atoms in total. The van der Waals surface area contributed by atoms with Crippen LogP contribution >= 0.6 is 0 Å². The van der Waals surface area contributed by atoms with Gasteiger partial charge >= 0.3 is 68.5 Å². The van der Waals surface area contributed by atoms with Crippen molar-refractivity contribution in [2.45, 2.75) is 206 Å². The quantitative estimate of drug-likeness (QED) is 0.0886. The molecule has 0 aromatic heterocycles. The Labute approximate surface area is 403 Å². The van der Waals surface area contributed by atoms with Crippen LogP contribution in [0.4, 0.5) is 0 Å². The standard InChI is InChI=1S/C48H96O8Si8/c1-25-41(17)57(33-9)49-58(34-10,42(18)26-2)51-60(36-12,44(20)28-4)53-62(38-14,46(22)30-6)55-64(40-16,48(24)32-8)56-63(39-15,47(23)31-7)54-61(37-13,45(21)29-5)52-59(35-11,50-57)43(19)27-3/h33-48H,9-16,25-32H2,1-8,17-24H3. The summed E-state index contributed by atoms with van der Waals surface area (Å²) in [6.45, 7) is 71.7. The molecule has 0 spiro atoms. The van der Waals surface area contributed by atoms with Gasteiger partial charge in [0, 0.05) is 44.3 Å². The van der Waals surface area contributed by atoms with E-state index in [-0.39, 0.29) is 44.3 Å². The zero-order valence-electron chi connectivity index (χ0n) is 43.8.